The summed E-state index contributed by atoms with van der Waals surface area (Å²) in [5, 5.41) is 10.1. The molecule has 0 aliphatic heterocycles. The summed E-state index contributed by atoms with van der Waals surface area (Å²) in [6, 6.07) is 6.04. The highest BCUT2D eigenvalue weighted by atomic mass is 35.5. The van der Waals surface area contributed by atoms with Gasteiger partial charge in [0.25, 0.3) is 5.91 Å². The Labute approximate surface area is 135 Å². The zero-order valence-electron chi connectivity index (χ0n) is 12.6. The normalized spacial score (nSPS) is 10.1. The molecule has 120 valence electrons. The smallest absolute Gasteiger partial charge is 0.254 e. The second-order valence-corrected chi connectivity index (χ2v) is 4.61. The standard InChI is InChI=1S/C15H19FN4O.ClH/c1-3-14-13(15(21)18-9-8-17-2)10-19-20(14)12-6-4-11(16)5-7-12;/h4-7,10,17H,3,8-9H2,1-2H3,(H,18,21);1H. The Hall–Kier alpha value is -1.92. The van der Waals surface area contributed by atoms with Crippen LogP contribution in [0.4, 0.5) is 4.39 Å². The summed E-state index contributed by atoms with van der Waals surface area (Å²) in [5.41, 5.74) is 2.10. The van der Waals surface area contributed by atoms with Crippen LogP contribution in [-0.4, -0.2) is 35.8 Å². The molecule has 5 nitrogen and oxygen atoms in total. The number of carbonyl (C=O) groups is 1. The average Bonchev–Trinajstić information content (AvgIpc) is 2.92. The van der Waals surface area contributed by atoms with Crippen LogP contribution in [0.3, 0.4) is 0 Å². The molecule has 2 N–H and O–H groups in total. The van der Waals surface area contributed by atoms with Crippen LogP contribution in [0.2, 0.25) is 0 Å². The molecule has 1 aromatic heterocycles. The monoisotopic (exact) mass is 326 g/mol. The van der Waals surface area contributed by atoms with Gasteiger partial charge in [0.2, 0.25) is 0 Å². The lowest BCUT2D eigenvalue weighted by atomic mass is 10.2. The quantitative estimate of drug-likeness (QED) is 0.798. The molecule has 0 saturated carbocycles. The summed E-state index contributed by atoms with van der Waals surface area (Å²) in [6.45, 7) is 3.22. The van der Waals surface area contributed by atoms with E-state index in [2.05, 4.69) is 15.7 Å². The second kappa shape index (κ2) is 8.51. The molecule has 0 aliphatic carbocycles. The molecule has 0 bridgehead atoms. The fourth-order valence-corrected chi connectivity index (χ4v) is 2.10. The van der Waals surface area contributed by atoms with Gasteiger partial charge in [0.05, 0.1) is 23.1 Å². The third kappa shape index (κ3) is 4.05. The lowest BCUT2D eigenvalue weighted by molar-refractivity contribution is 0.0953. The number of hydrogen-bond donors (Lipinski definition) is 2. The third-order valence-electron chi connectivity index (χ3n) is 3.18. The molecule has 0 spiro atoms. The minimum atomic E-state index is -0.297. The van der Waals surface area contributed by atoms with Crippen molar-refractivity contribution < 1.29 is 9.18 Å². The van der Waals surface area contributed by atoms with Gasteiger partial charge >= 0.3 is 0 Å². The van der Waals surface area contributed by atoms with E-state index in [0.717, 1.165) is 11.4 Å². The summed E-state index contributed by atoms with van der Waals surface area (Å²) in [4.78, 5) is 12.1. The molecule has 2 aromatic rings. The number of carbonyl (C=O) groups excluding carboxylic acids is 1. The van der Waals surface area contributed by atoms with E-state index >= 15 is 0 Å². The van der Waals surface area contributed by atoms with Crippen LogP contribution in [0, 0.1) is 5.82 Å². The summed E-state index contributed by atoms with van der Waals surface area (Å²) in [7, 11) is 1.83. The molecular weight excluding hydrogens is 307 g/mol. The lowest BCUT2D eigenvalue weighted by Crippen LogP contribution is -2.30. The number of halogens is 2. The van der Waals surface area contributed by atoms with Gasteiger partial charge in [-0.15, -0.1) is 12.4 Å². The van der Waals surface area contributed by atoms with Crippen LogP contribution in [0.5, 0.6) is 0 Å². The Kier molecular flexibility index (Phi) is 7.01. The summed E-state index contributed by atoms with van der Waals surface area (Å²) < 4.78 is 14.7. The van der Waals surface area contributed by atoms with E-state index < -0.39 is 0 Å². The van der Waals surface area contributed by atoms with Crippen molar-refractivity contribution in [2.45, 2.75) is 13.3 Å². The Morgan fingerprint density at radius 2 is 1.95 bits per heavy atom. The van der Waals surface area contributed by atoms with Crippen LogP contribution in [-0.2, 0) is 6.42 Å². The first kappa shape index (κ1) is 18.1. The van der Waals surface area contributed by atoms with Crippen molar-refractivity contribution >= 4 is 18.3 Å². The number of likely N-dealkylation sites (N-methyl/N-ethyl adjacent to an activating group) is 1. The maximum atomic E-state index is 13.0. The zero-order chi connectivity index (χ0) is 15.2. The predicted octanol–water partition coefficient (Wildman–Crippen LogP) is 1.94. The van der Waals surface area contributed by atoms with E-state index in [4.69, 9.17) is 0 Å². The van der Waals surface area contributed by atoms with Crippen LogP contribution in [0.15, 0.2) is 30.5 Å². The highest BCUT2D eigenvalue weighted by molar-refractivity contribution is 5.95. The molecule has 7 heteroatoms. The van der Waals surface area contributed by atoms with E-state index in [1.165, 1.54) is 12.1 Å². The first-order valence-corrected chi connectivity index (χ1v) is 6.93. The maximum absolute atomic E-state index is 13.0. The SMILES string of the molecule is CCc1c(C(=O)NCCNC)cnn1-c1ccc(F)cc1.Cl. The van der Waals surface area contributed by atoms with Gasteiger partial charge in [-0.3, -0.25) is 4.79 Å². The minimum absolute atomic E-state index is 0. The van der Waals surface area contributed by atoms with Crippen LogP contribution in [0.25, 0.3) is 5.69 Å². The van der Waals surface area contributed by atoms with Gasteiger partial charge in [-0.1, -0.05) is 6.92 Å². The molecule has 1 heterocycles. The average molecular weight is 327 g/mol. The highest BCUT2D eigenvalue weighted by Crippen LogP contribution is 2.16. The summed E-state index contributed by atoms with van der Waals surface area (Å²) >= 11 is 0. The molecule has 0 aliphatic rings. The highest BCUT2D eigenvalue weighted by Gasteiger charge is 2.16. The number of aromatic nitrogens is 2. The molecule has 0 radical (unpaired) electrons. The molecule has 0 saturated heterocycles. The number of benzene rings is 1. The van der Waals surface area contributed by atoms with Crippen molar-refractivity contribution in [2.75, 3.05) is 20.1 Å². The molecule has 0 unspecified atom stereocenters. The van der Waals surface area contributed by atoms with Crippen molar-refractivity contribution in [3.8, 4) is 5.69 Å². The summed E-state index contributed by atoms with van der Waals surface area (Å²) in [6.07, 6.45) is 2.21. The fourth-order valence-electron chi connectivity index (χ4n) is 2.10. The minimum Gasteiger partial charge on any atom is -0.351 e. The molecule has 1 aromatic carbocycles. The van der Waals surface area contributed by atoms with E-state index in [0.29, 0.717) is 25.1 Å². The topological polar surface area (TPSA) is 59.0 Å². The Bertz CT molecular complexity index is 613. The van der Waals surface area contributed by atoms with E-state index in [1.54, 1.807) is 23.0 Å². The third-order valence-corrected chi connectivity index (χ3v) is 3.18. The maximum Gasteiger partial charge on any atom is 0.254 e. The van der Waals surface area contributed by atoms with Crippen LogP contribution in [0.1, 0.15) is 23.0 Å². The number of hydrogen-bond acceptors (Lipinski definition) is 3. The van der Waals surface area contributed by atoms with Gasteiger partial charge in [-0.25, -0.2) is 9.07 Å². The van der Waals surface area contributed by atoms with Crippen molar-refractivity contribution in [1.29, 1.82) is 0 Å². The van der Waals surface area contributed by atoms with Gasteiger partial charge in [-0.2, -0.15) is 5.10 Å². The van der Waals surface area contributed by atoms with Crippen LogP contribution >= 0.6 is 12.4 Å². The molecular formula is C15H20ClFN4O. The molecule has 2 rings (SSSR count). The molecule has 1 amide bonds. The zero-order valence-corrected chi connectivity index (χ0v) is 13.4. The van der Waals surface area contributed by atoms with E-state index in [9.17, 15) is 9.18 Å². The first-order chi connectivity index (χ1) is 10.2. The molecule has 22 heavy (non-hydrogen) atoms. The number of nitrogens with one attached hydrogen (secondary N) is 2. The fraction of sp³-hybridized carbons (Fsp3) is 0.333. The Morgan fingerprint density at radius 1 is 1.27 bits per heavy atom. The van der Waals surface area contributed by atoms with Gasteiger partial charge < -0.3 is 10.6 Å². The second-order valence-electron chi connectivity index (χ2n) is 4.61. The molecule has 0 atom stereocenters. The van der Waals surface area contributed by atoms with Crippen molar-refractivity contribution in [3.05, 3.63) is 47.5 Å². The number of rotatable bonds is 6. The van der Waals surface area contributed by atoms with Gasteiger partial charge in [-0.05, 0) is 37.7 Å². The molecule has 0 fully saturated rings. The largest absolute Gasteiger partial charge is 0.351 e. The number of nitrogens with zero attached hydrogens (tertiary/aromatic N) is 2. The van der Waals surface area contributed by atoms with Gasteiger partial charge in [0.1, 0.15) is 5.82 Å². The number of amides is 1. The van der Waals surface area contributed by atoms with Gasteiger partial charge in [0, 0.05) is 13.1 Å². The van der Waals surface area contributed by atoms with Gasteiger partial charge in [0.15, 0.2) is 0 Å². The van der Waals surface area contributed by atoms with Crippen molar-refractivity contribution in [1.82, 2.24) is 20.4 Å². The Morgan fingerprint density at radius 3 is 2.55 bits per heavy atom. The Balaban J connectivity index is 0.00000242. The summed E-state index contributed by atoms with van der Waals surface area (Å²) in [5.74, 6) is -0.440. The van der Waals surface area contributed by atoms with E-state index in [-0.39, 0.29) is 24.1 Å². The lowest BCUT2D eigenvalue weighted by Gasteiger charge is -2.08. The van der Waals surface area contributed by atoms with Crippen molar-refractivity contribution in [3.63, 3.8) is 0 Å². The first-order valence-electron chi connectivity index (χ1n) is 6.93. The van der Waals surface area contributed by atoms with Crippen molar-refractivity contribution in [2.24, 2.45) is 0 Å². The van der Waals surface area contributed by atoms with E-state index in [1.807, 2.05) is 14.0 Å². The van der Waals surface area contributed by atoms with Crippen LogP contribution < -0.4 is 10.6 Å². The predicted molar refractivity (Wildman–Crippen MR) is 86.4 cm³/mol.